The van der Waals surface area contributed by atoms with Gasteiger partial charge in [-0.1, -0.05) is 49.1 Å². The number of hydrazine groups is 1. The van der Waals surface area contributed by atoms with Gasteiger partial charge in [0.05, 0.1) is 5.69 Å². The predicted molar refractivity (Wildman–Crippen MR) is 103 cm³/mol. The quantitative estimate of drug-likeness (QED) is 0.529. The van der Waals surface area contributed by atoms with Crippen LogP contribution in [0.5, 0.6) is 0 Å². The molecule has 1 aromatic carbocycles. The number of hydrogen-bond acceptors (Lipinski definition) is 4. The van der Waals surface area contributed by atoms with E-state index in [4.69, 9.17) is 5.73 Å². The van der Waals surface area contributed by atoms with Crippen LogP contribution in [-0.4, -0.2) is 18.2 Å². The lowest BCUT2D eigenvalue weighted by atomic mass is 9.99. The molecule has 0 bridgehead atoms. The predicted octanol–water partition coefficient (Wildman–Crippen LogP) is 3.68. The van der Waals surface area contributed by atoms with Gasteiger partial charge in [0.1, 0.15) is 6.17 Å². The van der Waals surface area contributed by atoms with Crippen LogP contribution in [0.15, 0.2) is 90.3 Å². The van der Waals surface area contributed by atoms with Crippen LogP contribution in [0, 0.1) is 0 Å². The number of allylic oxidation sites excluding steroid dienone is 5. The van der Waals surface area contributed by atoms with Crippen molar-refractivity contribution in [1.29, 1.82) is 0 Å². The van der Waals surface area contributed by atoms with Crippen LogP contribution in [-0.2, 0) is 0 Å². The second kappa shape index (κ2) is 8.79. The van der Waals surface area contributed by atoms with Crippen LogP contribution in [0.3, 0.4) is 0 Å². The third-order valence-electron chi connectivity index (χ3n) is 3.65. The Bertz CT molecular complexity index is 668. The highest BCUT2D eigenvalue weighted by Crippen LogP contribution is 2.25. The second-order valence-electron chi connectivity index (χ2n) is 5.64. The largest absolute Gasteiger partial charge is 0.372 e. The zero-order chi connectivity index (χ0) is 17.4. The van der Waals surface area contributed by atoms with E-state index in [0.29, 0.717) is 0 Å². The minimum atomic E-state index is -0.162. The van der Waals surface area contributed by atoms with Gasteiger partial charge in [0.2, 0.25) is 0 Å². The van der Waals surface area contributed by atoms with Crippen molar-refractivity contribution in [2.45, 2.75) is 19.5 Å². The first-order valence-corrected chi connectivity index (χ1v) is 8.05. The number of benzene rings is 1. The molecule has 1 aliphatic rings. The van der Waals surface area contributed by atoms with E-state index in [9.17, 15) is 0 Å². The highest BCUT2D eigenvalue weighted by molar-refractivity contribution is 5.45. The van der Waals surface area contributed by atoms with Crippen molar-refractivity contribution in [3.05, 3.63) is 90.3 Å². The number of nitrogens with zero attached hydrogens (tertiary/aromatic N) is 1. The van der Waals surface area contributed by atoms with E-state index in [1.807, 2.05) is 67.7 Å². The molecular formula is C20H26N4. The Kier molecular flexibility index (Phi) is 6.46. The highest BCUT2D eigenvalue weighted by Gasteiger charge is 2.19. The van der Waals surface area contributed by atoms with E-state index in [2.05, 4.69) is 29.6 Å². The van der Waals surface area contributed by atoms with Gasteiger partial charge in [0.25, 0.3) is 0 Å². The summed E-state index contributed by atoms with van der Waals surface area (Å²) in [6.07, 6.45) is 12.6. The maximum absolute atomic E-state index is 6.07. The topological polar surface area (TPSA) is 53.3 Å². The average Bonchev–Trinajstić information content (AvgIpc) is 2.89. The molecule has 0 saturated heterocycles. The Morgan fingerprint density at radius 1 is 1.38 bits per heavy atom. The zero-order valence-electron chi connectivity index (χ0n) is 14.4. The molecular weight excluding hydrogens is 296 g/mol. The summed E-state index contributed by atoms with van der Waals surface area (Å²) in [6, 6.07) is 10.1. The monoisotopic (exact) mass is 322 g/mol. The van der Waals surface area contributed by atoms with Crippen LogP contribution in [0.25, 0.3) is 0 Å². The van der Waals surface area contributed by atoms with E-state index in [-0.39, 0.29) is 6.17 Å². The van der Waals surface area contributed by atoms with Crippen LogP contribution < -0.4 is 16.5 Å². The average molecular weight is 322 g/mol. The molecule has 1 heterocycles. The fourth-order valence-electron chi connectivity index (χ4n) is 2.63. The third kappa shape index (κ3) is 4.89. The van der Waals surface area contributed by atoms with Crippen molar-refractivity contribution in [3.63, 3.8) is 0 Å². The Morgan fingerprint density at radius 2 is 2.12 bits per heavy atom. The van der Waals surface area contributed by atoms with Crippen molar-refractivity contribution < 1.29 is 0 Å². The van der Waals surface area contributed by atoms with Gasteiger partial charge in [-0.25, -0.2) is 0 Å². The lowest BCUT2D eigenvalue weighted by Crippen LogP contribution is -2.31. The Hall–Kier alpha value is -2.72. The molecule has 1 atom stereocenters. The summed E-state index contributed by atoms with van der Waals surface area (Å²) < 4.78 is 0. The summed E-state index contributed by atoms with van der Waals surface area (Å²) in [5, 5.41) is 5.13. The Labute approximate surface area is 144 Å². The van der Waals surface area contributed by atoms with Gasteiger partial charge in [0, 0.05) is 25.9 Å². The smallest absolute Gasteiger partial charge is 0.101 e. The van der Waals surface area contributed by atoms with Crippen molar-refractivity contribution in [3.8, 4) is 0 Å². The summed E-state index contributed by atoms with van der Waals surface area (Å²) in [5.41, 5.74) is 13.9. The van der Waals surface area contributed by atoms with E-state index in [1.54, 1.807) is 6.08 Å². The first-order valence-electron chi connectivity index (χ1n) is 8.05. The first-order chi connectivity index (χ1) is 11.6. The Balaban J connectivity index is 2.11. The molecule has 1 unspecified atom stereocenters. The molecule has 4 N–H and O–H groups in total. The summed E-state index contributed by atoms with van der Waals surface area (Å²) in [4.78, 5) is 0. The number of nitrogens with two attached hydrogens (primary N) is 1. The van der Waals surface area contributed by atoms with Crippen LogP contribution in [0.4, 0.5) is 5.69 Å². The Morgan fingerprint density at radius 3 is 2.79 bits per heavy atom. The van der Waals surface area contributed by atoms with Gasteiger partial charge in [-0.15, -0.1) is 0 Å². The van der Waals surface area contributed by atoms with Gasteiger partial charge >= 0.3 is 0 Å². The molecule has 1 aromatic rings. The lowest BCUT2D eigenvalue weighted by Gasteiger charge is -2.19. The summed E-state index contributed by atoms with van der Waals surface area (Å²) in [5.74, 6) is 0. The first kappa shape index (κ1) is 17.6. The molecule has 0 fully saturated rings. The van der Waals surface area contributed by atoms with Crippen LogP contribution in [0.1, 0.15) is 13.3 Å². The highest BCUT2D eigenvalue weighted by atomic mass is 15.5. The van der Waals surface area contributed by atoms with E-state index >= 15 is 0 Å². The molecule has 2 rings (SSSR count). The summed E-state index contributed by atoms with van der Waals surface area (Å²) in [6.45, 7) is 5.79. The van der Waals surface area contributed by atoms with Gasteiger partial charge in [-0.05, 0) is 35.8 Å². The molecule has 0 spiro atoms. The molecule has 1 aliphatic heterocycles. The molecule has 0 amide bonds. The number of anilines is 1. The van der Waals surface area contributed by atoms with Crippen LogP contribution in [0.2, 0.25) is 0 Å². The SMILES string of the molecule is C=C/C=C1/C(CC(/C=C\C)=C/N(C)Nc2ccccc2)=CNC1N. The molecule has 24 heavy (non-hydrogen) atoms. The lowest BCUT2D eigenvalue weighted by molar-refractivity contribution is 0.546. The minimum absolute atomic E-state index is 0.162. The fourth-order valence-corrected chi connectivity index (χ4v) is 2.63. The standard InChI is InChI=1S/C20H26N4/c1-4-9-16(13-17-14-22-20(21)19(17)10-5-2)15-24(3)23-18-11-7-6-8-12-18/h4-12,14-15,20,22-23H,2,13,21H2,1,3H3/b9-4-,16-15+,19-10-. The normalized spacial score (nSPS) is 19.3. The van der Waals surface area contributed by atoms with E-state index < -0.39 is 0 Å². The molecule has 126 valence electrons. The summed E-state index contributed by atoms with van der Waals surface area (Å²) >= 11 is 0. The van der Waals surface area contributed by atoms with E-state index in [0.717, 1.165) is 17.7 Å². The second-order valence-corrected chi connectivity index (χ2v) is 5.64. The number of nitrogens with one attached hydrogen (secondary N) is 2. The maximum atomic E-state index is 6.07. The molecule has 0 radical (unpaired) electrons. The maximum Gasteiger partial charge on any atom is 0.101 e. The molecule has 4 heteroatoms. The minimum Gasteiger partial charge on any atom is -0.372 e. The van der Waals surface area contributed by atoms with Gasteiger partial charge in [0.15, 0.2) is 0 Å². The van der Waals surface area contributed by atoms with Gasteiger partial charge in [-0.2, -0.15) is 0 Å². The van der Waals surface area contributed by atoms with Crippen molar-refractivity contribution in [1.82, 2.24) is 10.3 Å². The number of para-hydroxylation sites is 1. The molecule has 0 aromatic heterocycles. The zero-order valence-corrected chi connectivity index (χ0v) is 14.4. The number of rotatable bonds is 7. The fraction of sp³-hybridized carbons (Fsp3) is 0.200. The van der Waals surface area contributed by atoms with Crippen molar-refractivity contribution >= 4 is 5.69 Å². The summed E-state index contributed by atoms with van der Waals surface area (Å²) in [7, 11) is 1.99. The van der Waals surface area contributed by atoms with Gasteiger partial charge < -0.3 is 11.1 Å². The molecule has 0 aliphatic carbocycles. The molecule has 4 nitrogen and oxygen atoms in total. The third-order valence-corrected chi connectivity index (χ3v) is 3.65. The van der Waals surface area contributed by atoms with Crippen molar-refractivity contribution in [2.24, 2.45) is 5.73 Å². The van der Waals surface area contributed by atoms with E-state index in [1.165, 1.54) is 11.1 Å². The number of hydrogen-bond donors (Lipinski definition) is 3. The van der Waals surface area contributed by atoms with Crippen molar-refractivity contribution in [2.75, 3.05) is 12.5 Å². The van der Waals surface area contributed by atoms with Gasteiger partial charge in [-0.3, -0.25) is 10.4 Å². The molecule has 0 saturated carbocycles. The van der Waals surface area contributed by atoms with Crippen LogP contribution >= 0.6 is 0 Å².